The zero-order chi connectivity index (χ0) is 20.0. The summed E-state index contributed by atoms with van der Waals surface area (Å²) in [6.45, 7) is 2.94. The Morgan fingerprint density at radius 1 is 1.07 bits per heavy atom. The van der Waals surface area contributed by atoms with Crippen LogP contribution in [0.2, 0.25) is 5.02 Å². The molecule has 144 valence electrons. The van der Waals surface area contributed by atoms with E-state index in [1.165, 1.54) is 5.56 Å². The third kappa shape index (κ3) is 3.00. The Hall–Kier alpha value is -3.11. The van der Waals surface area contributed by atoms with Crippen LogP contribution in [0.25, 0.3) is 16.7 Å². The minimum Gasteiger partial charge on any atom is -0.363 e. The molecule has 0 bridgehead atoms. The Balaban J connectivity index is 1.76. The molecule has 4 nitrogen and oxygen atoms in total. The van der Waals surface area contributed by atoms with Crippen molar-refractivity contribution in [1.82, 2.24) is 9.55 Å². The molecule has 1 unspecified atom stereocenters. The summed E-state index contributed by atoms with van der Waals surface area (Å²) in [5.74, 6) is 0. The van der Waals surface area contributed by atoms with Gasteiger partial charge in [0.25, 0.3) is 5.56 Å². The van der Waals surface area contributed by atoms with Crippen LogP contribution in [0, 0.1) is 0 Å². The lowest BCUT2D eigenvalue weighted by Crippen LogP contribution is -2.28. The minimum atomic E-state index is -0.0177. The number of fused-ring (bicyclic) bond motifs is 3. The minimum absolute atomic E-state index is 0.0177. The van der Waals surface area contributed by atoms with Crippen LogP contribution in [-0.4, -0.2) is 15.6 Å². The van der Waals surface area contributed by atoms with Gasteiger partial charge in [-0.05, 0) is 42.8 Å². The SMILES string of the molecule is CC1Cc2c(c3cccnc3n(-c3cccc(Cl)c3)c2=O)N1Cc1ccccc1. The molecule has 3 heterocycles. The van der Waals surface area contributed by atoms with Crippen LogP contribution in [0.3, 0.4) is 0 Å². The molecule has 0 saturated carbocycles. The molecule has 0 fully saturated rings. The number of aromatic nitrogens is 2. The summed E-state index contributed by atoms with van der Waals surface area (Å²) < 4.78 is 1.69. The molecule has 5 heteroatoms. The number of halogens is 1. The second-order valence-corrected chi connectivity index (χ2v) is 7.93. The first kappa shape index (κ1) is 18.0. The number of anilines is 1. The molecule has 0 amide bonds. The lowest BCUT2D eigenvalue weighted by atomic mass is 10.1. The molecule has 29 heavy (non-hydrogen) atoms. The molecule has 1 atom stereocenters. The van der Waals surface area contributed by atoms with Gasteiger partial charge in [-0.25, -0.2) is 4.98 Å². The third-order valence-electron chi connectivity index (χ3n) is 5.58. The molecule has 2 aromatic carbocycles. The zero-order valence-corrected chi connectivity index (χ0v) is 16.8. The van der Waals surface area contributed by atoms with Gasteiger partial charge in [0.15, 0.2) is 0 Å². The third-order valence-corrected chi connectivity index (χ3v) is 5.82. The summed E-state index contributed by atoms with van der Waals surface area (Å²) in [5.41, 5.74) is 4.45. The first-order valence-corrected chi connectivity index (χ1v) is 10.1. The fourth-order valence-electron chi connectivity index (χ4n) is 4.26. The normalized spacial score (nSPS) is 15.7. The van der Waals surface area contributed by atoms with Crippen molar-refractivity contribution < 1.29 is 0 Å². The molecule has 2 aromatic heterocycles. The standard InChI is InChI=1S/C24H20ClN3O/c1-16-13-21-22(27(16)15-17-7-3-2-4-8-17)20-11-6-12-26-23(20)28(24(21)29)19-10-5-9-18(25)14-19/h2-12,14,16H,13,15H2,1H3. The first-order chi connectivity index (χ1) is 14.1. The number of hydrogen-bond acceptors (Lipinski definition) is 3. The largest absolute Gasteiger partial charge is 0.363 e. The molecule has 0 radical (unpaired) electrons. The highest BCUT2D eigenvalue weighted by atomic mass is 35.5. The molecule has 0 saturated heterocycles. The van der Waals surface area contributed by atoms with Gasteiger partial charge in [-0.15, -0.1) is 0 Å². The van der Waals surface area contributed by atoms with Crippen molar-refractivity contribution >= 4 is 28.3 Å². The van der Waals surface area contributed by atoms with Crippen LogP contribution in [0.5, 0.6) is 0 Å². The number of pyridine rings is 2. The van der Waals surface area contributed by atoms with Gasteiger partial charge in [0.05, 0.1) is 11.4 Å². The second-order valence-electron chi connectivity index (χ2n) is 7.49. The first-order valence-electron chi connectivity index (χ1n) is 9.72. The van der Waals surface area contributed by atoms with Crippen molar-refractivity contribution in [2.75, 3.05) is 4.90 Å². The molecule has 5 rings (SSSR count). The maximum Gasteiger partial charge on any atom is 0.262 e. The summed E-state index contributed by atoms with van der Waals surface area (Å²) in [4.78, 5) is 20.5. The van der Waals surface area contributed by atoms with Gasteiger partial charge >= 0.3 is 0 Å². The molecule has 1 aliphatic heterocycles. The molecular formula is C24H20ClN3O. The summed E-state index contributed by atoms with van der Waals surface area (Å²) in [6.07, 6.45) is 2.45. The number of rotatable bonds is 3. The maximum atomic E-state index is 13.6. The quantitative estimate of drug-likeness (QED) is 0.485. The summed E-state index contributed by atoms with van der Waals surface area (Å²) in [7, 11) is 0. The van der Waals surface area contributed by atoms with Gasteiger partial charge in [0.2, 0.25) is 0 Å². The number of nitrogens with zero attached hydrogens (tertiary/aromatic N) is 3. The van der Waals surface area contributed by atoms with Crippen LogP contribution in [0.15, 0.2) is 77.7 Å². The lowest BCUT2D eigenvalue weighted by Gasteiger charge is -2.26. The fraction of sp³-hybridized carbons (Fsp3) is 0.167. The van der Waals surface area contributed by atoms with Crippen LogP contribution < -0.4 is 10.5 Å². The molecule has 4 aromatic rings. The highest BCUT2D eigenvalue weighted by Gasteiger charge is 2.32. The van der Waals surface area contributed by atoms with Crippen molar-refractivity contribution in [3.8, 4) is 5.69 Å². The van der Waals surface area contributed by atoms with Gasteiger partial charge in [0, 0.05) is 41.2 Å². The Labute approximate surface area is 174 Å². The molecule has 0 aliphatic carbocycles. The van der Waals surface area contributed by atoms with Crippen molar-refractivity contribution in [2.45, 2.75) is 25.9 Å². The molecule has 0 N–H and O–H groups in total. The smallest absolute Gasteiger partial charge is 0.262 e. The highest BCUT2D eigenvalue weighted by Crippen LogP contribution is 2.37. The van der Waals surface area contributed by atoms with E-state index in [-0.39, 0.29) is 11.6 Å². The molecular weight excluding hydrogens is 382 g/mol. The lowest BCUT2D eigenvalue weighted by molar-refractivity contribution is 0.672. The van der Waals surface area contributed by atoms with Gasteiger partial charge < -0.3 is 4.90 Å². The van der Waals surface area contributed by atoms with Gasteiger partial charge in [-0.1, -0.05) is 48.0 Å². The Morgan fingerprint density at radius 3 is 2.69 bits per heavy atom. The van der Waals surface area contributed by atoms with E-state index in [2.05, 4.69) is 35.0 Å². The van der Waals surface area contributed by atoms with E-state index in [4.69, 9.17) is 11.6 Å². The van der Waals surface area contributed by atoms with E-state index in [1.54, 1.807) is 10.8 Å². The number of benzene rings is 2. The van der Waals surface area contributed by atoms with Crippen LogP contribution >= 0.6 is 11.6 Å². The van der Waals surface area contributed by atoms with Gasteiger partial charge in [-0.3, -0.25) is 9.36 Å². The van der Waals surface area contributed by atoms with E-state index in [9.17, 15) is 4.79 Å². The van der Waals surface area contributed by atoms with Crippen molar-refractivity contribution in [3.05, 3.63) is 99.4 Å². The van der Waals surface area contributed by atoms with E-state index < -0.39 is 0 Å². The van der Waals surface area contributed by atoms with E-state index in [1.807, 2.05) is 48.5 Å². The topological polar surface area (TPSA) is 38.1 Å². The Kier molecular flexibility index (Phi) is 4.36. The van der Waals surface area contributed by atoms with Crippen LogP contribution in [0.1, 0.15) is 18.1 Å². The van der Waals surface area contributed by atoms with Gasteiger partial charge in [-0.2, -0.15) is 0 Å². The van der Waals surface area contributed by atoms with Crippen molar-refractivity contribution in [3.63, 3.8) is 0 Å². The van der Waals surface area contributed by atoms with Crippen molar-refractivity contribution in [1.29, 1.82) is 0 Å². The number of hydrogen-bond donors (Lipinski definition) is 0. The molecule has 1 aliphatic rings. The maximum absolute atomic E-state index is 13.6. The zero-order valence-electron chi connectivity index (χ0n) is 16.0. The van der Waals surface area contributed by atoms with E-state index in [0.29, 0.717) is 17.1 Å². The monoisotopic (exact) mass is 401 g/mol. The Morgan fingerprint density at radius 2 is 1.90 bits per heavy atom. The van der Waals surface area contributed by atoms with Gasteiger partial charge in [0.1, 0.15) is 5.65 Å². The van der Waals surface area contributed by atoms with E-state index in [0.717, 1.165) is 28.9 Å². The summed E-state index contributed by atoms with van der Waals surface area (Å²) in [5, 5.41) is 1.58. The second kappa shape index (κ2) is 7.05. The van der Waals surface area contributed by atoms with Crippen LogP contribution in [-0.2, 0) is 13.0 Å². The fourth-order valence-corrected chi connectivity index (χ4v) is 4.45. The van der Waals surface area contributed by atoms with Crippen molar-refractivity contribution in [2.24, 2.45) is 0 Å². The summed E-state index contributed by atoms with van der Waals surface area (Å²) >= 11 is 6.21. The van der Waals surface area contributed by atoms with E-state index >= 15 is 0 Å². The van der Waals surface area contributed by atoms with Crippen LogP contribution in [0.4, 0.5) is 5.69 Å². The predicted octanol–water partition coefficient (Wildman–Crippen LogP) is 4.99. The summed E-state index contributed by atoms with van der Waals surface area (Å²) in [6, 6.07) is 22.0. The average molecular weight is 402 g/mol. The average Bonchev–Trinajstić information content (AvgIpc) is 3.06. The predicted molar refractivity (Wildman–Crippen MR) is 118 cm³/mol. The highest BCUT2D eigenvalue weighted by molar-refractivity contribution is 6.30. The molecule has 0 spiro atoms. The Bertz CT molecular complexity index is 1270.